The number of nitrogens with one attached hydrogen (secondary N) is 1. The van der Waals surface area contributed by atoms with Crippen LogP contribution in [0.5, 0.6) is 0 Å². The van der Waals surface area contributed by atoms with E-state index in [-0.39, 0.29) is 17.5 Å². The fraction of sp³-hybridized carbons (Fsp3) is 0.600. The highest BCUT2D eigenvalue weighted by atomic mass is 19.1. The fourth-order valence-corrected chi connectivity index (χ4v) is 2.85. The van der Waals surface area contributed by atoms with Gasteiger partial charge in [-0.15, -0.1) is 0 Å². The van der Waals surface area contributed by atoms with Crippen LogP contribution in [0.2, 0.25) is 0 Å². The Bertz CT molecular complexity index is 410. The summed E-state index contributed by atoms with van der Waals surface area (Å²) in [5, 5.41) is 13.0. The zero-order chi connectivity index (χ0) is 13.9. The Kier molecular flexibility index (Phi) is 4.53. The van der Waals surface area contributed by atoms with Crippen molar-refractivity contribution < 1.29 is 13.9 Å². The van der Waals surface area contributed by atoms with Gasteiger partial charge < -0.3 is 10.4 Å². The van der Waals surface area contributed by atoms with Crippen molar-refractivity contribution in [2.24, 2.45) is 5.41 Å². The first kappa shape index (κ1) is 14.4. The Balaban J connectivity index is 1.89. The molecule has 106 valence electrons. The van der Waals surface area contributed by atoms with E-state index in [1.807, 2.05) is 0 Å². The lowest BCUT2D eigenvalue weighted by atomic mass is 9.89. The molecular weight excluding hydrogens is 248 g/mol. The molecule has 1 unspecified atom stereocenters. The van der Waals surface area contributed by atoms with Crippen LogP contribution < -0.4 is 5.32 Å². The first-order valence-corrected chi connectivity index (χ1v) is 6.84. The predicted molar refractivity (Wildman–Crippen MR) is 70.8 cm³/mol. The summed E-state index contributed by atoms with van der Waals surface area (Å²) in [5.74, 6) is -1.39. The summed E-state index contributed by atoms with van der Waals surface area (Å²) in [7, 11) is 0. The lowest BCUT2D eigenvalue weighted by Gasteiger charge is -2.25. The lowest BCUT2D eigenvalue weighted by molar-refractivity contribution is 0.158. The Morgan fingerprint density at radius 2 is 1.84 bits per heavy atom. The molecule has 1 aromatic rings. The van der Waals surface area contributed by atoms with Gasteiger partial charge in [0.15, 0.2) is 0 Å². The van der Waals surface area contributed by atoms with Gasteiger partial charge in [-0.05, 0) is 30.4 Å². The Labute approximate surface area is 112 Å². The van der Waals surface area contributed by atoms with E-state index in [1.54, 1.807) is 0 Å². The van der Waals surface area contributed by atoms with E-state index in [0.717, 1.165) is 6.54 Å². The molecule has 1 aliphatic carbocycles. The van der Waals surface area contributed by atoms with Gasteiger partial charge in [0.05, 0.1) is 11.7 Å². The minimum atomic E-state index is -1.15. The first-order valence-electron chi connectivity index (χ1n) is 6.84. The molecule has 1 fully saturated rings. The van der Waals surface area contributed by atoms with Crippen LogP contribution in [-0.4, -0.2) is 18.2 Å². The van der Waals surface area contributed by atoms with Crippen molar-refractivity contribution in [2.75, 3.05) is 13.1 Å². The van der Waals surface area contributed by atoms with Gasteiger partial charge in [-0.3, -0.25) is 0 Å². The number of halogens is 2. The van der Waals surface area contributed by atoms with Crippen molar-refractivity contribution >= 4 is 0 Å². The van der Waals surface area contributed by atoms with Crippen LogP contribution in [0.4, 0.5) is 8.78 Å². The average molecular weight is 269 g/mol. The quantitative estimate of drug-likeness (QED) is 0.860. The minimum absolute atomic E-state index is 0.174. The number of benzene rings is 1. The monoisotopic (exact) mass is 269 g/mol. The summed E-state index contributed by atoms with van der Waals surface area (Å²) in [5.41, 5.74) is 0.0135. The van der Waals surface area contributed by atoms with Gasteiger partial charge in [-0.2, -0.15) is 0 Å². The van der Waals surface area contributed by atoms with E-state index in [1.165, 1.54) is 43.9 Å². The molecule has 0 bridgehead atoms. The molecule has 1 atom stereocenters. The summed E-state index contributed by atoms with van der Waals surface area (Å²) >= 11 is 0. The predicted octanol–water partition coefficient (Wildman–Crippen LogP) is 3.17. The molecule has 0 aliphatic heterocycles. The van der Waals surface area contributed by atoms with Crippen LogP contribution in [0, 0.1) is 17.0 Å². The van der Waals surface area contributed by atoms with E-state index >= 15 is 0 Å². The second kappa shape index (κ2) is 5.97. The number of hydrogen-bond acceptors (Lipinski definition) is 2. The zero-order valence-corrected chi connectivity index (χ0v) is 11.3. The summed E-state index contributed by atoms with van der Waals surface area (Å²) in [6.07, 6.45) is 3.67. The molecular formula is C15H21F2NO. The van der Waals surface area contributed by atoms with E-state index in [4.69, 9.17) is 0 Å². The lowest BCUT2D eigenvalue weighted by Crippen LogP contribution is -2.32. The topological polar surface area (TPSA) is 32.3 Å². The van der Waals surface area contributed by atoms with Gasteiger partial charge >= 0.3 is 0 Å². The Morgan fingerprint density at radius 3 is 2.42 bits per heavy atom. The number of aliphatic hydroxyl groups is 1. The van der Waals surface area contributed by atoms with Gasteiger partial charge in [0.2, 0.25) is 0 Å². The van der Waals surface area contributed by atoms with E-state index in [2.05, 4.69) is 12.2 Å². The molecule has 0 heterocycles. The number of aliphatic hydroxyl groups excluding tert-OH is 1. The Hall–Kier alpha value is -1.00. The maximum Gasteiger partial charge on any atom is 0.131 e. The molecule has 2 nitrogen and oxygen atoms in total. The van der Waals surface area contributed by atoms with E-state index in [0.29, 0.717) is 0 Å². The smallest absolute Gasteiger partial charge is 0.131 e. The zero-order valence-electron chi connectivity index (χ0n) is 11.3. The third-order valence-corrected chi connectivity index (χ3v) is 4.03. The van der Waals surface area contributed by atoms with Gasteiger partial charge in [0, 0.05) is 13.1 Å². The van der Waals surface area contributed by atoms with Gasteiger partial charge in [-0.1, -0.05) is 25.8 Å². The van der Waals surface area contributed by atoms with Crippen LogP contribution in [0.25, 0.3) is 0 Å². The normalized spacial score (nSPS) is 19.6. The SMILES string of the molecule is CC1(CNCC(O)c2c(F)cccc2F)CCCC1. The second-order valence-corrected chi connectivity index (χ2v) is 5.80. The number of hydrogen-bond donors (Lipinski definition) is 2. The van der Waals surface area contributed by atoms with Crippen LogP contribution in [-0.2, 0) is 0 Å². The summed E-state index contributed by atoms with van der Waals surface area (Å²) in [6, 6.07) is 3.63. The average Bonchev–Trinajstić information content (AvgIpc) is 2.76. The fourth-order valence-electron chi connectivity index (χ4n) is 2.85. The van der Waals surface area contributed by atoms with E-state index in [9.17, 15) is 13.9 Å². The van der Waals surface area contributed by atoms with Crippen molar-refractivity contribution in [1.82, 2.24) is 5.32 Å². The molecule has 1 saturated carbocycles. The van der Waals surface area contributed by atoms with Gasteiger partial charge in [-0.25, -0.2) is 8.78 Å². The molecule has 0 saturated heterocycles. The highest BCUT2D eigenvalue weighted by Crippen LogP contribution is 2.36. The standard InChI is InChI=1S/C15H21F2NO/c1-15(7-2-3-8-15)10-18-9-13(19)14-11(16)5-4-6-12(14)17/h4-6,13,18-19H,2-3,7-10H2,1H3. The highest BCUT2D eigenvalue weighted by Gasteiger charge is 2.28. The largest absolute Gasteiger partial charge is 0.387 e. The summed E-state index contributed by atoms with van der Waals surface area (Å²) < 4.78 is 27.0. The summed E-state index contributed by atoms with van der Waals surface area (Å²) in [4.78, 5) is 0. The maximum absolute atomic E-state index is 13.5. The molecule has 4 heteroatoms. The van der Waals surface area contributed by atoms with Crippen molar-refractivity contribution in [3.63, 3.8) is 0 Å². The summed E-state index contributed by atoms with van der Waals surface area (Å²) in [6.45, 7) is 3.16. The number of rotatable bonds is 5. The molecule has 19 heavy (non-hydrogen) atoms. The van der Waals surface area contributed by atoms with Crippen molar-refractivity contribution in [2.45, 2.75) is 38.7 Å². The van der Waals surface area contributed by atoms with Crippen LogP contribution >= 0.6 is 0 Å². The van der Waals surface area contributed by atoms with Crippen molar-refractivity contribution in [1.29, 1.82) is 0 Å². The van der Waals surface area contributed by atoms with Crippen LogP contribution in [0.1, 0.15) is 44.3 Å². The molecule has 2 rings (SSSR count). The second-order valence-electron chi connectivity index (χ2n) is 5.80. The molecule has 0 aromatic heterocycles. The Morgan fingerprint density at radius 1 is 1.26 bits per heavy atom. The van der Waals surface area contributed by atoms with E-state index < -0.39 is 17.7 Å². The molecule has 0 radical (unpaired) electrons. The molecule has 2 N–H and O–H groups in total. The van der Waals surface area contributed by atoms with Crippen molar-refractivity contribution in [3.05, 3.63) is 35.4 Å². The molecule has 1 aliphatic rings. The van der Waals surface area contributed by atoms with Gasteiger partial charge in [0.25, 0.3) is 0 Å². The minimum Gasteiger partial charge on any atom is -0.387 e. The third kappa shape index (κ3) is 3.51. The molecule has 0 spiro atoms. The van der Waals surface area contributed by atoms with Gasteiger partial charge in [0.1, 0.15) is 11.6 Å². The maximum atomic E-state index is 13.5. The third-order valence-electron chi connectivity index (χ3n) is 4.03. The van der Waals surface area contributed by atoms with Crippen LogP contribution in [0.15, 0.2) is 18.2 Å². The molecule has 0 amide bonds. The highest BCUT2D eigenvalue weighted by molar-refractivity contribution is 5.22. The first-order chi connectivity index (χ1) is 9.02. The van der Waals surface area contributed by atoms with Crippen LogP contribution in [0.3, 0.4) is 0 Å². The van der Waals surface area contributed by atoms with Crippen molar-refractivity contribution in [3.8, 4) is 0 Å². The molecule has 1 aromatic carbocycles.